The number of benzene rings is 3. The summed E-state index contributed by atoms with van der Waals surface area (Å²) in [6, 6.07) is 16.3. The Labute approximate surface area is 177 Å². The number of thiazole rings is 1. The minimum atomic E-state index is -0.715. The third-order valence-electron chi connectivity index (χ3n) is 4.56. The summed E-state index contributed by atoms with van der Waals surface area (Å²) in [6.07, 6.45) is 0. The van der Waals surface area contributed by atoms with E-state index < -0.39 is 11.5 Å². The van der Waals surface area contributed by atoms with Crippen LogP contribution in [0, 0.1) is 0 Å². The Morgan fingerprint density at radius 2 is 1.86 bits per heavy atom. The molecule has 0 bridgehead atoms. The number of nitrogens with one attached hydrogen (secondary N) is 1. The molecule has 5 nitrogen and oxygen atoms in total. The second kappa shape index (κ2) is 6.84. The van der Waals surface area contributed by atoms with E-state index >= 15 is 0 Å². The number of hydrogen-bond donors (Lipinski definition) is 1. The molecule has 0 aliphatic carbocycles. The smallest absolute Gasteiger partial charge is 0.349 e. The first-order valence-corrected chi connectivity index (χ1v) is 10.1. The first-order chi connectivity index (χ1) is 14.0. The van der Waals surface area contributed by atoms with Crippen LogP contribution in [0.1, 0.15) is 10.4 Å². The number of halogens is 2. The van der Waals surface area contributed by atoms with Crippen LogP contribution >= 0.6 is 34.5 Å². The molecular weight excluding hydrogens is 431 g/mol. The second-order valence-corrected chi connectivity index (χ2v) is 8.14. The Hall–Kier alpha value is -2.93. The van der Waals surface area contributed by atoms with Gasteiger partial charge in [-0.2, -0.15) is 0 Å². The van der Waals surface area contributed by atoms with Crippen LogP contribution in [0.15, 0.2) is 63.8 Å². The number of nitrogens with zero attached hydrogens (tertiary/aromatic N) is 1. The largest absolute Gasteiger partial charge is 0.422 e. The summed E-state index contributed by atoms with van der Waals surface area (Å²) < 4.78 is 6.15. The Bertz CT molecular complexity index is 1510. The number of rotatable bonds is 2. The van der Waals surface area contributed by atoms with Crippen molar-refractivity contribution < 1.29 is 9.21 Å². The van der Waals surface area contributed by atoms with Gasteiger partial charge in [-0.1, -0.05) is 64.9 Å². The molecule has 2 aromatic heterocycles. The number of amides is 1. The highest BCUT2D eigenvalue weighted by Gasteiger charge is 2.18. The summed E-state index contributed by atoms with van der Waals surface area (Å²) in [6.45, 7) is 0. The number of carbonyl (C=O) groups excluding carboxylic acids is 1. The summed E-state index contributed by atoms with van der Waals surface area (Å²) in [5.74, 6) is -0.602. The van der Waals surface area contributed by atoms with Crippen molar-refractivity contribution in [2.45, 2.75) is 0 Å². The summed E-state index contributed by atoms with van der Waals surface area (Å²) in [5.41, 5.74) is 0.104. The predicted molar refractivity (Wildman–Crippen MR) is 118 cm³/mol. The van der Waals surface area contributed by atoms with Gasteiger partial charge in [-0.15, -0.1) is 0 Å². The van der Waals surface area contributed by atoms with E-state index in [4.69, 9.17) is 27.6 Å². The predicted octanol–water partition coefficient (Wildman–Crippen LogP) is 6.12. The van der Waals surface area contributed by atoms with Crippen molar-refractivity contribution in [3.8, 4) is 0 Å². The van der Waals surface area contributed by atoms with Crippen molar-refractivity contribution in [2.24, 2.45) is 0 Å². The fourth-order valence-electron chi connectivity index (χ4n) is 3.19. The van der Waals surface area contributed by atoms with Crippen LogP contribution in [-0.2, 0) is 0 Å². The standard InChI is InChI=1S/C21H10Cl2N2O3S/c22-14-6-8-16-18(17(14)23)24-21(29-16)25-19(26)13-9-12-11-4-2-1-3-10(11)5-7-15(12)28-20(13)27/h1-9H,(H,24,25,26). The summed E-state index contributed by atoms with van der Waals surface area (Å²) >= 11 is 13.4. The molecule has 29 heavy (non-hydrogen) atoms. The maximum atomic E-state index is 12.8. The lowest BCUT2D eigenvalue weighted by molar-refractivity contribution is 0.102. The van der Waals surface area contributed by atoms with E-state index in [0.717, 1.165) is 15.5 Å². The molecule has 0 spiro atoms. The highest BCUT2D eigenvalue weighted by molar-refractivity contribution is 7.22. The molecule has 0 fully saturated rings. The molecule has 2 heterocycles. The van der Waals surface area contributed by atoms with Crippen LogP contribution < -0.4 is 10.9 Å². The number of anilines is 1. The van der Waals surface area contributed by atoms with Gasteiger partial charge in [0.2, 0.25) is 0 Å². The Morgan fingerprint density at radius 3 is 2.72 bits per heavy atom. The van der Waals surface area contributed by atoms with Crippen LogP contribution in [0.2, 0.25) is 10.0 Å². The second-order valence-electron chi connectivity index (χ2n) is 6.33. The molecule has 5 rings (SSSR count). The van der Waals surface area contributed by atoms with Gasteiger partial charge in [-0.3, -0.25) is 10.1 Å². The molecule has 1 N–H and O–H groups in total. The van der Waals surface area contributed by atoms with Crippen molar-refractivity contribution in [1.29, 1.82) is 0 Å². The van der Waals surface area contributed by atoms with E-state index in [1.165, 1.54) is 11.3 Å². The van der Waals surface area contributed by atoms with Crippen molar-refractivity contribution in [3.63, 3.8) is 0 Å². The molecule has 0 aliphatic rings. The first-order valence-electron chi connectivity index (χ1n) is 8.53. The maximum Gasteiger partial charge on any atom is 0.349 e. The third-order valence-corrected chi connectivity index (χ3v) is 6.29. The van der Waals surface area contributed by atoms with E-state index in [1.807, 2.05) is 30.3 Å². The number of fused-ring (bicyclic) bond motifs is 4. The zero-order valence-corrected chi connectivity index (χ0v) is 16.9. The Kier molecular flexibility index (Phi) is 4.28. The third kappa shape index (κ3) is 3.06. The van der Waals surface area contributed by atoms with Crippen molar-refractivity contribution in [1.82, 2.24) is 4.98 Å². The molecule has 3 aromatic carbocycles. The van der Waals surface area contributed by atoms with Crippen LogP contribution in [0.5, 0.6) is 0 Å². The normalized spacial score (nSPS) is 11.4. The van der Waals surface area contributed by atoms with Gasteiger partial charge in [0.25, 0.3) is 5.91 Å². The monoisotopic (exact) mass is 440 g/mol. The van der Waals surface area contributed by atoms with E-state index in [1.54, 1.807) is 24.3 Å². The molecule has 8 heteroatoms. The fraction of sp³-hybridized carbons (Fsp3) is 0. The average Bonchev–Trinajstić information content (AvgIpc) is 3.13. The lowest BCUT2D eigenvalue weighted by Crippen LogP contribution is -2.20. The van der Waals surface area contributed by atoms with E-state index in [-0.39, 0.29) is 5.56 Å². The average molecular weight is 441 g/mol. The molecule has 0 saturated carbocycles. The highest BCUT2D eigenvalue weighted by atomic mass is 35.5. The fourth-order valence-corrected chi connectivity index (χ4v) is 4.47. The molecule has 142 valence electrons. The van der Waals surface area contributed by atoms with Gasteiger partial charge >= 0.3 is 5.63 Å². The lowest BCUT2D eigenvalue weighted by atomic mass is 10.0. The van der Waals surface area contributed by atoms with Gasteiger partial charge in [0.05, 0.1) is 14.7 Å². The molecule has 0 radical (unpaired) electrons. The SMILES string of the molecule is O=C(Nc1nc2c(Cl)c(Cl)ccc2s1)c1cc2c(ccc3ccccc32)oc1=O. The Morgan fingerprint density at radius 1 is 1.03 bits per heavy atom. The van der Waals surface area contributed by atoms with Gasteiger partial charge in [-0.05, 0) is 35.0 Å². The van der Waals surface area contributed by atoms with Gasteiger partial charge in [0, 0.05) is 5.39 Å². The maximum absolute atomic E-state index is 12.8. The van der Waals surface area contributed by atoms with Crippen molar-refractivity contribution >= 4 is 77.5 Å². The Balaban J connectivity index is 1.59. The summed E-state index contributed by atoms with van der Waals surface area (Å²) in [4.78, 5) is 29.5. The minimum Gasteiger partial charge on any atom is -0.422 e. The summed E-state index contributed by atoms with van der Waals surface area (Å²) in [5, 5.41) is 6.23. The van der Waals surface area contributed by atoms with Crippen LogP contribution in [0.3, 0.4) is 0 Å². The van der Waals surface area contributed by atoms with Gasteiger partial charge < -0.3 is 4.42 Å². The van der Waals surface area contributed by atoms with Crippen LogP contribution in [0.25, 0.3) is 32.0 Å². The van der Waals surface area contributed by atoms with Crippen molar-refractivity contribution in [3.05, 3.63) is 80.6 Å². The first kappa shape index (κ1) is 18.1. The van der Waals surface area contributed by atoms with E-state index in [9.17, 15) is 9.59 Å². The number of carbonyl (C=O) groups is 1. The summed E-state index contributed by atoms with van der Waals surface area (Å²) in [7, 11) is 0. The molecule has 0 unspecified atom stereocenters. The topological polar surface area (TPSA) is 72.2 Å². The highest BCUT2D eigenvalue weighted by Crippen LogP contribution is 2.35. The minimum absolute atomic E-state index is 0.0998. The molecular formula is C21H10Cl2N2O3S. The molecule has 0 aliphatic heterocycles. The van der Waals surface area contributed by atoms with Crippen LogP contribution in [0.4, 0.5) is 5.13 Å². The molecule has 1 amide bonds. The quantitative estimate of drug-likeness (QED) is 0.265. The van der Waals surface area contributed by atoms with Crippen molar-refractivity contribution in [2.75, 3.05) is 5.32 Å². The molecule has 5 aromatic rings. The zero-order chi connectivity index (χ0) is 20.1. The van der Waals surface area contributed by atoms with Crippen LogP contribution in [-0.4, -0.2) is 10.9 Å². The van der Waals surface area contributed by atoms with E-state index in [0.29, 0.717) is 31.7 Å². The van der Waals surface area contributed by atoms with Gasteiger partial charge in [0.1, 0.15) is 16.7 Å². The number of hydrogen-bond acceptors (Lipinski definition) is 5. The van der Waals surface area contributed by atoms with Gasteiger partial charge in [0.15, 0.2) is 5.13 Å². The zero-order valence-electron chi connectivity index (χ0n) is 14.5. The van der Waals surface area contributed by atoms with Gasteiger partial charge in [-0.25, -0.2) is 9.78 Å². The number of aromatic nitrogens is 1. The molecule has 0 atom stereocenters. The lowest BCUT2D eigenvalue weighted by Gasteiger charge is -2.05. The van der Waals surface area contributed by atoms with E-state index in [2.05, 4.69) is 10.3 Å². The molecule has 0 saturated heterocycles.